The Morgan fingerprint density at radius 1 is 1.29 bits per heavy atom. The highest BCUT2D eigenvalue weighted by atomic mass is 35.5. The molecule has 0 radical (unpaired) electrons. The van der Waals surface area contributed by atoms with E-state index in [0.717, 1.165) is 11.1 Å². The van der Waals surface area contributed by atoms with Gasteiger partial charge in [-0.2, -0.15) is 11.3 Å². The summed E-state index contributed by atoms with van der Waals surface area (Å²) in [4.78, 5) is 0. The van der Waals surface area contributed by atoms with E-state index in [0.29, 0.717) is 10.8 Å². The molecule has 0 amide bonds. The highest BCUT2D eigenvalue weighted by Gasteiger charge is 2.15. The van der Waals surface area contributed by atoms with Crippen LogP contribution in [0.25, 0.3) is 0 Å². The third-order valence-electron chi connectivity index (χ3n) is 2.64. The molecular weight excluding hydrogens is 275 g/mol. The molecule has 0 N–H and O–H groups in total. The van der Waals surface area contributed by atoms with E-state index in [4.69, 9.17) is 27.9 Å². The first-order valence-electron chi connectivity index (χ1n) is 5.13. The van der Waals surface area contributed by atoms with Crippen molar-refractivity contribution in [2.24, 2.45) is 0 Å². The van der Waals surface area contributed by atoms with Crippen LogP contribution in [0.2, 0.25) is 5.02 Å². The molecule has 1 nitrogen and oxygen atoms in total. The first-order chi connectivity index (χ1) is 8.13. The Balaban J connectivity index is 2.35. The Hall–Kier alpha value is -0.700. The third kappa shape index (κ3) is 2.59. The summed E-state index contributed by atoms with van der Waals surface area (Å²) in [5, 5.41) is 4.59. The number of benzene rings is 1. The lowest BCUT2D eigenvalue weighted by Crippen LogP contribution is -1.94. The number of halogens is 2. The van der Waals surface area contributed by atoms with Crippen LogP contribution in [0.5, 0.6) is 5.75 Å². The maximum atomic E-state index is 6.45. The molecule has 90 valence electrons. The monoisotopic (exact) mass is 286 g/mol. The molecule has 0 aliphatic rings. The average Bonchev–Trinajstić information content (AvgIpc) is 2.74. The predicted octanol–water partition coefficient (Wildman–Crippen LogP) is 5.05. The maximum absolute atomic E-state index is 6.45. The van der Waals surface area contributed by atoms with Gasteiger partial charge in [-0.15, -0.1) is 11.6 Å². The van der Waals surface area contributed by atoms with Crippen molar-refractivity contribution in [2.75, 3.05) is 7.11 Å². The minimum atomic E-state index is -0.162. The van der Waals surface area contributed by atoms with Crippen LogP contribution in [0.3, 0.4) is 0 Å². The molecule has 0 aliphatic heterocycles. The lowest BCUT2D eigenvalue weighted by Gasteiger charge is -2.11. The summed E-state index contributed by atoms with van der Waals surface area (Å²) >= 11 is 14.2. The van der Waals surface area contributed by atoms with Crippen molar-refractivity contribution in [3.8, 4) is 5.75 Å². The van der Waals surface area contributed by atoms with Crippen LogP contribution in [0.15, 0.2) is 29.0 Å². The normalized spacial score (nSPS) is 12.5. The number of hydrogen-bond donors (Lipinski definition) is 0. The van der Waals surface area contributed by atoms with Gasteiger partial charge in [0.05, 0.1) is 17.5 Å². The summed E-state index contributed by atoms with van der Waals surface area (Å²) in [7, 11) is 1.60. The molecule has 2 rings (SSSR count). The van der Waals surface area contributed by atoms with E-state index in [1.54, 1.807) is 18.4 Å². The Morgan fingerprint density at radius 2 is 2.06 bits per heavy atom. The number of ether oxygens (including phenoxy) is 1. The fourth-order valence-corrected chi connectivity index (χ4v) is 3.24. The summed E-state index contributed by atoms with van der Waals surface area (Å²) in [6.45, 7) is 2.06. The average molecular weight is 287 g/mol. The summed E-state index contributed by atoms with van der Waals surface area (Å²) in [5.74, 6) is 0.668. The van der Waals surface area contributed by atoms with Crippen molar-refractivity contribution in [1.29, 1.82) is 0 Å². The maximum Gasteiger partial charge on any atom is 0.137 e. The first-order valence-corrected chi connectivity index (χ1v) is 6.89. The molecule has 1 aromatic carbocycles. The van der Waals surface area contributed by atoms with Crippen LogP contribution in [0, 0.1) is 6.92 Å². The van der Waals surface area contributed by atoms with E-state index < -0.39 is 0 Å². The summed E-state index contributed by atoms with van der Waals surface area (Å²) in [6.07, 6.45) is 0. The zero-order valence-corrected chi connectivity index (χ0v) is 11.9. The highest BCUT2D eigenvalue weighted by molar-refractivity contribution is 7.08. The lowest BCUT2D eigenvalue weighted by molar-refractivity contribution is 0.415. The largest absolute Gasteiger partial charge is 0.495 e. The van der Waals surface area contributed by atoms with Gasteiger partial charge in [-0.25, -0.2) is 0 Å². The second-order valence-electron chi connectivity index (χ2n) is 3.77. The Labute approximate surface area is 115 Å². The minimum absolute atomic E-state index is 0.162. The summed E-state index contributed by atoms with van der Waals surface area (Å²) in [6, 6.07) is 5.64. The van der Waals surface area contributed by atoms with Crippen molar-refractivity contribution in [3.05, 3.63) is 50.7 Å². The quantitative estimate of drug-likeness (QED) is 0.718. The van der Waals surface area contributed by atoms with Crippen LogP contribution < -0.4 is 4.74 Å². The minimum Gasteiger partial charge on any atom is -0.495 e. The van der Waals surface area contributed by atoms with E-state index in [1.165, 1.54) is 5.56 Å². The van der Waals surface area contributed by atoms with Gasteiger partial charge in [-0.05, 0) is 46.5 Å². The number of rotatable bonds is 3. The number of methoxy groups -OCH3 is 1. The van der Waals surface area contributed by atoms with E-state index >= 15 is 0 Å². The molecule has 0 saturated heterocycles. The molecule has 1 atom stereocenters. The van der Waals surface area contributed by atoms with Crippen molar-refractivity contribution in [2.45, 2.75) is 12.3 Å². The first kappa shape index (κ1) is 12.7. The zero-order valence-electron chi connectivity index (χ0n) is 9.54. The second kappa shape index (κ2) is 5.30. The van der Waals surface area contributed by atoms with Gasteiger partial charge in [0.1, 0.15) is 5.75 Å². The van der Waals surface area contributed by atoms with E-state index in [1.807, 2.05) is 18.2 Å². The number of hydrogen-bond acceptors (Lipinski definition) is 2. The van der Waals surface area contributed by atoms with Crippen LogP contribution in [-0.2, 0) is 0 Å². The highest BCUT2D eigenvalue weighted by Crippen LogP contribution is 2.36. The molecule has 0 bridgehead atoms. The van der Waals surface area contributed by atoms with Crippen molar-refractivity contribution in [3.63, 3.8) is 0 Å². The van der Waals surface area contributed by atoms with Gasteiger partial charge in [0.15, 0.2) is 0 Å². The van der Waals surface area contributed by atoms with Crippen LogP contribution in [-0.4, -0.2) is 7.11 Å². The zero-order chi connectivity index (χ0) is 12.4. The van der Waals surface area contributed by atoms with E-state index in [-0.39, 0.29) is 5.38 Å². The fraction of sp³-hybridized carbons (Fsp3) is 0.231. The molecular formula is C13H12Cl2OS. The topological polar surface area (TPSA) is 9.23 Å². The second-order valence-corrected chi connectivity index (χ2v) is 5.35. The van der Waals surface area contributed by atoms with Crippen molar-refractivity contribution >= 4 is 34.5 Å². The SMILES string of the molecule is COc1ccc(C(Cl)c2cscc2C)cc1Cl. The van der Waals surface area contributed by atoms with Gasteiger partial charge in [-0.1, -0.05) is 17.7 Å². The molecule has 0 spiro atoms. The van der Waals surface area contributed by atoms with Gasteiger partial charge in [-0.3, -0.25) is 0 Å². The van der Waals surface area contributed by atoms with Crippen LogP contribution in [0.4, 0.5) is 0 Å². The summed E-state index contributed by atoms with van der Waals surface area (Å²) in [5.41, 5.74) is 3.33. The van der Waals surface area contributed by atoms with Crippen molar-refractivity contribution < 1.29 is 4.74 Å². The lowest BCUT2D eigenvalue weighted by atomic mass is 10.0. The van der Waals surface area contributed by atoms with E-state index in [9.17, 15) is 0 Å². The molecule has 1 heterocycles. The van der Waals surface area contributed by atoms with E-state index in [2.05, 4.69) is 17.7 Å². The van der Waals surface area contributed by atoms with Gasteiger partial charge in [0.2, 0.25) is 0 Å². The van der Waals surface area contributed by atoms with Crippen LogP contribution in [0.1, 0.15) is 22.1 Å². The molecule has 2 aromatic rings. The molecule has 0 aliphatic carbocycles. The fourth-order valence-electron chi connectivity index (χ4n) is 1.65. The Bertz CT molecular complexity index is 522. The van der Waals surface area contributed by atoms with Gasteiger partial charge in [0, 0.05) is 0 Å². The predicted molar refractivity (Wildman–Crippen MR) is 74.8 cm³/mol. The third-order valence-corrected chi connectivity index (χ3v) is 4.30. The Morgan fingerprint density at radius 3 is 2.59 bits per heavy atom. The van der Waals surface area contributed by atoms with Gasteiger partial charge < -0.3 is 4.74 Å². The summed E-state index contributed by atoms with van der Waals surface area (Å²) < 4.78 is 5.12. The number of aryl methyl sites for hydroxylation is 1. The molecule has 0 saturated carbocycles. The van der Waals surface area contributed by atoms with Gasteiger partial charge >= 0.3 is 0 Å². The molecule has 4 heteroatoms. The Kier molecular flexibility index (Phi) is 3.97. The molecule has 1 unspecified atom stereocenters. The molecule has 1 aromatic heterocycles. The standard InChI is InChI=1S/C13H12Cl2OS/c1-8-6-17-7-10(8)13(15)9-3-4-12(16-2)11(14)5-9/h3-7,13H,1-2H3. The number of alkyl halides is 1. The van der Waals surface area contributed by atoms with Crippen LogP contribution >= 0.6 is 34.5 Å². The number of thiophene rings is 1. The van der Waals surface area contributed by atoms with Crippen molar-refractivity contribution in [1.82, 2.24) is 0 Å². The molecule has 17 heavy (non-hydrogen) atoms. The van der Waals surface area contributed by atoms with Gasteiger partial charge in [0.25, 0.3) is 0 Å². The molecule has 0 fully saturated rings. The smallest absolute Gasteiger partial charge is 0.137 e.